The van der Waals surface area contributed by atoms with Gasteiger partial charge in [0, 0.05) is 44.4 Å². The van der Waals surface area contributed by atoms with E-state index < -0.39 is 5.97 Å². The van der Waals surface area contributed by atoms with Crippen LogP contribution in [0, 0.1) is 0 Å². The van der Waals surface area contributed by atoms with Crippen LogP contribution < -0.4 is 4.90 Å². The summed E-state index contributed by atoms with van der Waals surface area (Å²) in [6, 6.07) is 10.5. The van der Waals surface area contributed by atoms with E-state index in [9.17, 15) is 4.79 Å². The SMILES string of the molecule is C=C/C(=C\C(=C)/C=C/C(=O)O)c1cncc(N2CCCN(Cc3ccccc3)CC2)n1. The van der Waals surface area contributed by atoms with Crippen LogP contribution in [0.3, 0.4) is 0 Å². The average molecular weight is 417 g/mol. The Bertz CT molecular complexity index is 982. The molecule has 31 heavy (non-hydrogen) atoms. The molecule has 1 aromatic heterocycles. The van der Waals surface area contributed by atoms with Gasteiger partial charge in [-0.2, -0.15) is 0 Å². The third kappa shape index (κ3) is 6.76. The molecule has 1 aromatic carbocycles. The van der Waals surface area contributed by atoms with Crippen molar-refractivity contribution in [2.45, 2.75) is 13.0 Å². The van der Waals surface area contributed by atoms with Gasteiger partial charge in [-0.25, -0.2) is 9.78 Å². The van der Waals surface area contributed by atoms with Gasteiger partial charge in [-0.3, -0.25) is 9.88 Å². The molecule has 0 aliphatic carbocycles. The quantitative estimate of drug-likeness (QED) is 0.519. The smallest absolute Gasteiger partial charge is 0.328 e. The molecule has 160 valence electrons. The van der Waals surface area contributed by atoms with Crippen molar-refractivity contribution < 1.29 is 9.90 Å². The van der Waals surface area contributed by atoms with Gasteiger partial charge in [-0.05, 0) is 29.7 Å². The minimum absolute atomic E-state index is 0.552. The Kier molecular flexibility index (Phi) is 7.90. The lowest BCUT2D eigenvalue weighted by atomic mass is 10.1. The topological polar surface area (TPSA) is 69.6 Å². The van der Waals surface area contributed by atoms with Crippen molar-refractivity contribution in [2.75, 3.05) is 31.1 Å². The average Bonchev–Trinajstić information content (AvgIpc) is 3.02. The Morgan fingerprint density at radius 3 is 2.65 bits per heavy atom. The summed E-state index contributed by atoms with van der Waals surface area (Å²) in [4.78, 5) is 24.6. The summed E-state index contributed by atoms with van der Waals surface area (Å²) in [5.41, 5.74) is 3.31. The number of anilines is 1. The molecular weight excluding hydrogens is 388 g/mol. The fraction of sp³-hybridized carbons (Fsp3) is 0.240. The fourth-order valence-electron chi connectivity index (χ4n) is 3.51. The second-order valence-corrected chi connectivity index (χ2v) is 7.42. The monoisotopic (exact) mass is 416 g/mol. The van der Waals surface area contributed by atoms with Crippen LogP contribution in [0.2, 0.25) is 0 Å². The van der Waals surface area contributed by atoms with E-state index in [0.29, 0.717) is 11.3 Å². The van der Waals surface area contributed by atoms with Gasteiger partial charge in [-0.1, -0.05) is 49.6 Å². The molecule has 6 nitrogen and oxygen atoms in total. The molecule has 1 aliphatic heterocycles. The van der Waals surface area contributed by atoms with E-state index >= 15 is 0 Å². The van der Waals surface area contributed by atoms with Gasteiger partial charge in [0.15, 0.2) is 0 Å². The Morgan fingerprint density at radius 1 is 1.10 bits per heavy atom. The van der Waals surface area contributed by atoms with Crippen LogP contribution in [0.5, 0.6) is 0 Å². The number of carboxylic acids is 1. The maximum Gasteiger partial charge on any atom is 0.328 e. The van der Waals surface area contributed by atoms with E-state index in [1.807, 2.05) is 6.07 Å². The Balaban J connectivity index is 1.69. The molecule has 2 aromatic rings. The Labute approximate surface area is 183 Å². The number of aromatic nitrogens is 2. The van der Waals surface area contributed by atoms with Gasteiger partial charge in [0.2, 0.25) is 0 Å². The highest BCUT2D eigenvalue weighted by atomic mass is 16.4. The van der Waals surface area contributed by atoms with Crippen molar-refractivity contribution in [3.63, 3.8) is 0 Å². The molecule has 3 rings (SSSR count). The number of rotatable bonds is 8. The van der Waals surface area contributed by atoms with E-state index in [1.54, 1.807) is 24.5 Å². The highest BCUT2D eigenvalue weighted by Gasteiger charge is 2.17. The van der Waals surface area contributed by atoms with Crippen molar-refractivity contribution in [1.82, 2.24) is 14.9 Å². The second kappa shape index (κ2) is 11.0. The molecule has 0 radical (unpaired) electrons. The molecule has 0 unspecified atom stereocenters. The number of allylic oxidation sites excluding steroid dienone is 5. The van der Waals surface area contributed by atoms with Crippen LogP contribution in [0.4, 0.5) is 5.82 Å². The first-order valence-corrected chi connectivity index (χ1v) is 10.3. The number of carboxylic acid groups (broad SMARTS) is 1. The number of hydrogen-bond acceptors (Lipinski definition) is 5. The van der Waals surface area contributed by atoms with Crippen LogP contribution >= 0.6 is 0 Å². The van der Waals surface area contributed by atoms with E-state index in [2.05, 4.69) is 52.2 Å². The van der Waals surface area contributed by atoms with Crippen LogP contribution in [-0.2, 0) is 11.3 Å². The summed E-state index contributed by atoms with van der Waals surface area (Å²) in [7, 11) is 0. The van der Waals surface area contributed by atoms with Crippen LogP contribution in [0.25, 0.3) is 5.57 Å². The molecule has 0 bridgehead atoms. The molecule has 2 heterocycles. The van der Waals surface area contributed by atoms with Crippen molar-refractivity contribution >= 4 is 17.4 Å². The van der Waals surface area contributed by atoms with Crippen molar-refractivity contribution in [3.05, 3.63) is 97.0 Å². The highest BCUT2D eigenvalue weighted by molar-refractivity contribution is 5.81. The maximum absolute atomic E-state index is 10.7. The summed E-state index contributed by atoms with van der Waals surface area (Å²) in [6.45, 7) is 12.5. The third-order valence-electron chi connectivity index (χ3n) is 5.08. The first-order valence-electron chi connectivity index (χ1n) is 10.3. The zero-order valence-electron chi connectivity index (χ0n) is 17.7. The van der Waals surface area contributed by atoms with E-state index in [-0.39, 0.29) is 0 Å². The normalized spacial score (nSPS) is 15.6. The number of carbonyl (C=O) groups is 1. The van der Waals surface area contributed by atoms with Gasteiger partial charge in [0.25, 0.3) is 0 Å². The zero-order valence-corrected chi connectivity index (χ0v) is 17.7. The molecule has 0 saturated carbocycles. The highest BCUT2D eigenvalue weighted by Crippen LogP contribution is 2.20. The number of nitrogens with zero attached hydrogens (tertiary/aromatic N) is 4. The second-order valence-electron chi connectivity index (χ2n) is 7.42. The van der Waals surface area contributed by atoms with Gasteiger partial charge in [0.05, 0.1) is 18.1 Å². The molecule has 0 spiro atoms. The van der Waals surface area contributed by atoms with Crippen LogP contribution in [0.1, 0.15) is 17.7 Å². The van der Waals surface area contributed by atoms with E-state index in [4.69, 9.17) is 10.1 Å². The van der Waals surface area contributed by atoms with Crippen LogP contribution in [-0.4, -0.2) is 52.1 Å². The predicted octanol–water partition coefficient (Wildman–Crippen LogP) is 3.96. The predicted molar refractivity (Wildman–Crippen MR) is 125 cm³/mol. The van der Waals surface area contributed by atoms with Crippen molar-refractivity contribution in [2.24, 2.45) is 0 Å². The number of hydrogen-bond donors (Lipinski definition) is 1. The Morgan fingerprint density at radius 2 is 1.90 bits per heavy atom. The molecule has 0 amide bonds. The molecular formula is C25H28N4O2. The molecule has 0 atom stereocenters. The minimum atomic E-state index is -1.01. The lowest BCUT2D eigenvalue weighted by Crippen LogP contribution is -2.31. The minimum Gasteiger partial charge on any atom is -0.478 e. The largest absolute Gasteiger partial charge is 0.478 e. The maximum atomic E-state index is 10.7. The van der Waals surface area contributed by atoms with Gasteiger partial charge >= 0.3 is 5.97 Å². The number of benzene rings is 1. The molecule has 6 heteroatoms. The summed E-state index contributed by atoms with van der Waals surface area (Å²) in [5.74, 6) is -0.183. The van der Waals surface area contributed by atoms with Crippen molar-refractivity contribution in [3.8, 4) is 0 Å². The first kappa shape index (κ1) is 22.2. The lowest BCUT2D eigenvalue weighted by molar-refractivity contribution is -0.131. The lowest BCUT2D eigenvalue weighted by Gasteiger charge is -2.23. The van der Waals surface area contributed by atoms with Gasteiger partial charge in [0.1, 0.15) is 5.82 Å². The van der Waals surface area contributed by atoms with Crippen molar-refractivity contribution in [1.29, 1.82) is 0 Å². The molecule has 1 saturated heterocycles. The fourth-order valence-corrected chi connectivity index (χ4v) is 3.51. The third-order valence-corrected chi connectivity index (χ3v) is 5.08. The van der Waals surface area contributed by atoms with Gasteiger partial charge in [-0.15, -0.1) is 0 Å². The molecule has 1 aliphatic rings. The number of aliphatic carboxylic acids is 1. The van der Waals surface area contributed by atoms with E-state index in [1.165, 1.54) is 11.6 Å². The summed E-state index contributed by atoms with van der Waals surface area (Å²) in [6.07, 6.45) is 10.5. The van der Waals surface area contributed by atoms with Crippen LogP contribution in [0.15, 0.2) is 85.8 Å². The summed E-state index contributed by atoms with van der Waals surface area (Å²) in [5, 5.41) is 8.78. The summed E-state index contributed by atoms with van der Waals surface area (Å²) >= 11 is 0. The zero-order chi connectivity index (χ0) is 22.1. The molecule has 1 N–H and O–H groups in total. The molecule has 1 fully saturated rings. The van der Waals surface area contributed by atoms with E-state index in [0.717, 1.165) is 56.6 Å². The standard InChI is InChI=1S/C25H28N4O2/c1-3-22(16-20(2)10-11-25(30)31)23-17-26-18-24(27-23)29-13-7-12-28(14-15-29)19-21-8-5-4-6-9-21/h3-6,8-11,16-18H,1-2,7,12-15,19H2,(H,30,31)/b11-10+,22-16+. The first-order chi connectivity index (χ1) is 15.0. The van der Waals surface area contributed by atoms with Gasteiger partial charge < -0.3 is 10.0 Å². The summed E-state index contributed by atoms with van der Waals surface area (Å²) < 4.78 is 0. The Hall–Kier alpha value is -3.51.